The minimum absolute atomic E-state index is 0.292. The molecule has 1 aliphatic heterocycles. The highest BCUT2D eigenvalue weighted by Crippen LogP contribution is 2.38. The highest BCUT2D eigenvalue weighted by Gasteiger charge is 2.52. The summed E-state index contributed by atoms with van der Waals surface area (Å²) in [6, 6.07) is 13.5. The summed E-state index contributed by atoms with van der Waals surface area (Å²) < 4.78 is 28.0. The molecular formula is C29H35NO9. The summed E-state index contributed by atoms with van der Waals surface area (Å²) in [4.78, 5) is 47.8. The largest absolute Gasteiger partial charge is 0.463 e. The lowest BCUT2D eigenvalue weighted by Gasteiger charge is -2.44. The Balaban J connectivity index is 2.05. The number of aryl methyl sites for hydroxylation is 1. The van der Waals surface area contributed by atoms with Gasteiger partial charge in [-0.25, -0.2) is 0 Å². The Kier molecular flexibility index (Phi) is 10.1. The molecule has 2 N–H and O–H groups in total. The number of benzene rings is 2. The van der Waals surface area contributed by atoms with Gasteiger partial charge in [-0.2, -0.15) is 0 Å². The molecule has 5 atom stereocenters. The van der Waals surface area contributed by atoms with Crippen LogP contribution in [0.2, 0.25) is 0 Å². The van der Waals surface area contributed by atoms with Crippen LogP contribution in [0, 0.1) is 0 Å². The molecule has 0 bridgehead atoms. The van der Waals surface area contributed by atoms with Crippen molar-refractivity contribution < 1.29 is 42.9 Å². The van der Waals surface area contributed by atoms with Crippen molar-refractivity contribution in [3.63, 3.8) is 0 Å². The van der Waals surface area contributed by atoms with Gasteiger partial charge in [0.15, 0.2) is 18.3 Å². The zero-order chi connectivity index (χ0) is 28.7. The van der Waals surface area contributed by atoms with Crippen LogP contribution >= 0.6 is 0 Å². The highest BCUT2D eigenvalue weighted by atomic mass is 16.7. The number of hydrogen-bond donors (Lipinski definition) is 1. The van der Waals surface area contributed by atoms with E-state index in [9.17, 15) is 19.2 Å². The van der Waals surface area contributed by atoms with E-state index < -0.39 is 54.4 Å². The summed E-state index contributed by atoms with van der Waals surface area (Å²) in [6.45, 7) is 6.60. The van der Waals surface area contributed by atoms with E-state index in [1.165, 1.54) is 33.3 Å². The molecular weight excluding hydrogens is 506 g/mol. The molecule has 1 unspecified atom stereocenters. The standard InChI is InChI=1S/C29H35NO9/c1-6-20-7-9-21(10-8-20)13-23-14-22(11-12-24(23)30)26-28(37-18(4)33)29(38-19(5)34)27(36-17(3)32)25(39-26)15-35-16(2)31/h7-12,14,25-29H,6,13,15,30H2,1-5H3/t25-,26?,27-,28+,29+/m1/s1. The molecule has 10 nitrogen and oxygen atoms in total. The molecule has 3 rings (SSSR count). The minimum Gasteiger partial charge on any atom is -0.463 e. The zero-order valence-corrected chi connectivity index (χ0v) is 22.8. The highest BCUT2D eigenvalue weighted by molar-refractivity contribution is 5.69. The Morgan fingerprint density at radius 3 is 1.90 bits per heavy atom. The Bertz CT molecular complexity index is 1190. The zero-order valence-electron chi connectivity index (χ0n) is 22.8. The van der Waals surface area contributed by atoms with E-state index in [2.05, 4.69) is 19.1 Å². The van der Waals surface area contributed by atoms with E-state index >= 15 is 0 Å². The first-order valence-electron chi connectivity index (χ1n) is 12.7. The van der Waals surface area contributed by atoms with Crippen LogP contribution in [0.3, 0.4) is 0 Å². The number of esters is 4. The van der Waals surface area contributed by atoms with Gasteiger partial charge in [0, 0.05) is 33.4 Å². The molecule has 0 aliphatic carbocycles. The molecule has 2 aromatic carbocycles. The normalized spacial score (nSPS) is 22.4. The van der Waals surface area contributed by atoms with Gasteiger partial charge in [0.1, 0.15) is 18.8 Å². The van der Waals surface area contributed by atoms with Gasteiger partial charge in [0.2, 0.25) is 0 Å². The van der Waals surface area contributed by atoms with Crippen LogP contribution in [0.5, 0.6) is 0 Å². The smallest absolute Gasteiger partial charge is 0.303 e. The van der Waals surface area contributed by atoms with Crippen molar-refractivity contribution in [1.29, 1.82) is 0 Å². The number of ether oxygens (including phenoxy) is 5. The van der Waals surface area contributed by atoms with Gasteiger partial charge < -0.3 is 29.4 Å². The summed E-state index contributed by atoms with van der Waals surface area (Å²) in [6.07, 6.45) is -4.15. The summed E-state index contributed by atoms with van der Waals surface area (Å²) >= 11 is 0. The molecule has 1 aliphatic rings. The lowest BCUT2D eigenvalue weighted by molar-refractivity contribution is -0.254. The van der Waals surface area contributed by atoms with Crippen molar-refractivity contribution in [3.05, 3.63) is 64.7 Å². The van der Waals surface area contributed by atoms with Crippen LogP contribution < -0.4 is 5.73 Å². The molecule has 0 spiro atoms. The number of nitrogen functional groups attached to an aromatic ring is 1. The Morgan fingerprint density at radius 1 is 0.769 bits per heavy atom. The molecule has 0 aromatic heterocycles. The van der Waals surface area contributed by atoms with Crippen molar-refractivity contribution in [2.75, 3.05) is 12.3 Å². The summed E-state index contributed by atoms with van der Waals surface area (Å²) in [5, 5.41) is 0. The van der Waals surface area contributed by atoms with Crippen molar-refractivity contribution in [1.82, 2.24) is 0 Å². The van der Waals surface area contributed by atoms with Crippen LogP contribution in [0.4, 0.5) is 5.69 Å². The Labute approximate surface area is 227 Å². The second-order valence-electron chi connectivity index (χ2n) is 9.42. The van der Waals surface area contributed by atoms with Gasteiger partial charge in [-0.3, -0.25) is 19.2 Å². The minimum atomic E-state index is -1.24. The van der Waals surface area contributed by atoms with Crippen molar-refractivity contribution in [2.45, 2.75) is 78.0 Å². The quantitative estimate of drug-likeness (QED) is 0.286. The average molecular weight is 542 g/mol. The molecule has 210 valence electrons. The lowest BCUT2D eigenvalue weighted by Crippen LogP contribution is -2.59. The topological polar surface area (TPSA) is 140 Å². The fourth-order valence-corrected chi connectivity index (χ4v) is 4.57. The third-order valence-corrected chi connectivity index (χ3v) is 6.31. The van der Waals surface area contributed by atoms with Crippen LogP contribution in [0.1, 0.15) is 63.0 Å². The number of hydrogen-bond acceptors (Lipinski definition) is 10. The molecule has 1 fully saturated rings. The first-order chi connectivity index (χ1) is 18.5. The van der Waals surface area contributed by atoms with Gasteiger partial charge >= 0.3 is 23.9 Å². The summed E-state index contributed by atoms with van der Waals surface area (Å²) in [5.74, 6) is -2.60. The third kappa shape index (κ3) is 8.03. The van der Waals surface area contributed by atoms with Crippen LogP contribution in [-0.2, 0) is 55.7 Å². The maximum atomic E-state index is 12.1. The lowest BCUT2D eigenvalue weighted by atomic mass is 9.89. The second kappa shape index (κ2) is 13.2. The van der Waals surface area contributed by atoms with Crippen molar-refractivity contribution in [3.8, 4) is 0 Å². The van der Waals surface area contributed by atoms with Gasteiger partial charge in [-0.05, 0) is 41.2 Å². The maximum absolute atomic E-state index is 12.1. The maximum Gasteiger partial charge on any atom is 0.303 e. The van der Waals surface area contributed by atoms with E-state index in [4.69, 9.17) is 29.4 Å². The number of anilines is 1. The van der Waals surface area contributed by atoms with E-state index in [1.54, 1.807) is 12.1 Å². The third-order valence-electron chi connectivity index (χ3n) is 6.31. The monoisotopic (exact) mass is 541 g/mol. The molecule has 1 saturated heterocycles. The Morgan fingerprint density at radius 2 is 1.33 bits per heavy atom. The predicted molar refractivity (Wildman–Crippen MR) is 140 cm³/mol. The molecule has 2 aromatic rings. The molecule has 10 heteroatoms. The molecule has 0 saturated carbocycles. The van der Waals surface area contributed by atoms with Crippen LogP contribution in [0.25, 0.3) is 0 Å². The molecule has 0 amide bonds. The fraction of sp³-hybridized carbons (Fsp3) is 0.448. The van der Waals surface area contributed by atoms with E-state index in [-0.39, 0.29) is 6.61 Å². The van der Waals surface area contributed by atoms with Crippen molar-refractivity contribution in [2.24, 2.45) is 0 Å². The Hall–Kier alpha value is -3.92. The van der Waals surface area contributed by atoms with E-state index in [0.29, 0.717) is 17.7 Å². The van der Waals surface area contributed by atoms with Gasteiger partial charge in [-0.1, -0.05) is 43.3 Å². The number of carbonyl (C=O) groups excluding carboxylic acids is 4. The molecule has 1 heterocycles. The summed E-state index contributed by atoms with van der Waals surface area (Å²) in [7, 11) is 0. The predicted octanol–water partition coefficient (Wildman–Crippen LogP) is 3.22. The van der Waals surface area contributed by atoms with Gasteiger partial charge in [0.25, 0.3) is 0 Å². The second-order valence-corrected chi connectivity index (χ2v) is 9.42. The SMILES string of the molecule is CCc1ccc(Cc2cc(C3O[C@H](COC(C)=O)[C@@H](OC(C)=O)[C@H](OC(C)=O)[C@H]3OC(C)=O)ccc2N)cc1. The fourth-order valence-electron chi connectivity index (χ4n) is 4.57. The first-order valence-corrected chi connectivity index (χ1v) is 12.7. The van der Waals surface area contributed by atoms with Crippen LogP contribution in [0.15, 0.2) is 42.5 Å². The number of nitrogens with two attached hydrogens (primary N) is 1. The molecule has 0 radical (unpaired) electrons. The van der Waals surface area contributed by atoms with Gasteiger partial charge in [0.05, 0.1) is 0 Å². The van der Waals surface area contributed by atoms with Crippen molar-refractivity contribution >= 4 is 29.6 Å². The number of rotatable bonds is 9. The summed E-state index contributed by atoms with van der Waals surface area (Å²) in [5.41, 5.74) is 10.5. The number of carbonyl (C=O) groups is 4. The van der Waals surface area contributed by atoms with Gasteiger partial charge in [-0.15, -0.1) is 0 Å². The first kappa shape index (κ1) is 29.6. The molecule has 39 heavy (non-hydrogen) atoms. The van der Waals surface area contributed by atoms with E-state index in [1.807, 2.05) is 18.2 Å². The average Bonchev–Trinajstić information content (AvgIpc) is 2.86. The van der Waals surface area contributed by atoms with E-state index in [0.717, 1.165) is 17.5 Å². The van der Waals surface area contributed by atoms with Crippen LogP contribution in [-0.4, -0.2) is 54.9 Å².